The Kier molecular flexibility index (Phi) is 24.6. The van der Waals surface area contributed by atoms with E-state index in [2.05, 4.69) is 0 Å². The minimum absolute atomic E-state index is 0.840. The Hall–Kier alpha value is 1.09. The van der Waals surface area contributed by atoms with Gasteiger partial charge < -0.3 is 0 Å². The van der Waals surface area contributed by atoms with Gasteiger partial charge >= 0.3 is 0 Å². The van der Waals surface area contributed by atoms with Gasteiger partial charge in [-0.15, -0.1) is 33.8 Å². The Morgan fingerprint density at radius 2 is 0.586 bits per heavy atom. The molecule has 0 spiro atoms. The number of halogens is 3. The third-order valence-electron chi connectivity index (χ3n) is 6.00. The summed E-state index contributed by atoms with van der Waals surface area (Å²) in [6.45, 7) is 0.200. The first-order valence-electron chi connectivity index (χ1n) is 13.0. The monoisotopic (exact) mass is 484 g/mol. The Morgan fingerprint density at radius 1 is 0.379 bits per heavy atom. The highest BCUT2D eigenvalue weighted by molar-refractivity contribution is 7.44. The number of rotatable bonds is 24. The molecule has 0 fully saturated rings. The van der Waals surface area contributed by atoms with E-state index in [0.29, 0.717) is 0 Å². The maximum Gasteiger partial charge on any atom is 0.248 e. The molecule has 0 aromatic heterocycles. The molecule has 0 aliphatic carbocycles. The molecular weight excluding hydrogens is 435 g/mol. The highest BCUT2D eigenvalue weighted by atomic mass is 35.7. The zero-order valence-electron chi connectivity index (χ0n) is 19.6. The summed E-state index contributed by atoms with van der Waals surface area (Å²) in [6, 6.07) is 1.06. The smallest absolute Gasteiger partial charge is 0.146 e. The summed E-state index contributed by atoms with van der Waals surface area (Å²) in [6.07, 6.45) is 31.0. The molecule has 29 heavy (non-hydrogen) atoms. The Labute approximate surface area is 199 Å². The van der Waals surface area contributed by atoms with E-state index in [-0.39, 0.29) is 0 Å². The zero-order valence-corrected chi connectivity index (χ0v) is 22.9. The molecule has 0 aliphatic heterocycles. The first kappa shape index (κ1) is 30.1. The van der Waals surface area contributed by atoms with Crippen LogP contribution in [0.2, 0.25) is 12.6 Å². The lowest BCUT2D eigenvalue weighted by Crippen LogP contribution is -2.11. The van der Waals surface area contributed by atoms with Crippen LogP contribution in [0, 0.1) is 0 Å². The van der Waals surface area contributed by atoms with Crippen LogP contribution >= 0.6 is 33.8 Å². The van der Waals surface area contributed by atoms with Crippen molar-refractivity contribution < 1.29 is 0 Å². The molecule has 0 radical (unpaired) electrons. The molecule has 0 nitrogen and oxygen atoms in total. The Bertz CT molecular complexity index is 305. The number of alkyl halides is 1. The van der Waals surface area contributed by atoms with E-state index in [0.717, 1.165) is 11.9 Å². The zero-order chi connectivity index (χ0) is 21.5. The normalized spacial score (nSPS) is 12.0. The van der Waals surface area contributed by atoms with Gasteiger partial charge in [0, 0.05) is 5.88 Å². The molecule has 0 rings (SSSR count). The van der Waals surface area contributed by atoms with Gasteiger partial charge in [0.25, 0.3) is 0 Å². The van der Waals surface area contributed by atoms with Crippen molar-refractivity contribution >= 4 is 40.5 Å². The fraction of sp³-hybridized carbons (Fsp3) is 1.00. The molecule has 0 bridgehead atoms. The first-order valence-corrected chi connectivity index (χ1v) is 18.3. The lowest BCUT2D eigenvalue weighted by atomic mass is 10.0. The van der Waals surface area contributed by atoms with Crippen LogP contribution in [-0.2, 0) is 0 Å². The fourth-order valence-electron chi connectivity index (χ4n) is 4.07. The predicted molar refractivity (Wildman–Crippen MR) is 140 cm³/mol. The van der Waals surface area contributed by atoms with Crippen LogP contribution in [0.4, 0.5) is 0 Å². The van der Waals surface area contributed by atoms with Gasteiger partial charge in [-0.2, -0.15) is 0 Å². The quantitative estimate of drug-likeness (QED) is 0.0551. The van der Waals surface area contributed by atoms with Crippen LogP contribution in [0.25, 0.3) is 0 Å². The van der Waals surface area contributed by atoms with Crippen molar-refractivity contribution in [2.24, 2.45) is 0 Å². The second-order valence-corrected chi connectivity index (χ2v) is 17.9. The van der Waals surface area contributed by atoms with E-state index >= 15 is 0 Å². The molecule has 0 heterocycles. The molecule has 4 heteroatoms. The molecule has 0 aromatic carbocycles. The molecule has 0 amide bonds. The highest BCUT2D eigenvalue weighted by Gasteiger charge is 2.19. The van der Waals surface area contributed by atoms with Crippen LogP contribution in [0.1, 0.15) is 141 Å². The van der Waals surface area contributed by atoms with Crippen molar-refractivity contribution in [3.63, 3.8) is 0 Å². The van der Waals surface area contributed by atoms with E-state index in [1.807, 2.05) is 6.55 Å². The van der Waals surface area contributed by atoms with Crippen LogP contribution in [0.15, 0.2) is 0 Å². The van der Waals surface area contributed by atoms with Crippen molar-refractivity contribution in [2.45, 2.75) is 154 Å². The number of unbranched alkanes of at least 4 members (excludes halogenated alkanes) is 21. The average Bonchev–Trinajstić information content (AvgIpc) is 2.67. The van der Waals surface area contributed by atoms with Gasteiger partial charge in [-0.25, -0.2) is 0 Å². The van der Waals surface area contributed by atoms with Crippen LogP contribution < -0.4 is 0 Å². The second kappa shape index (κ2) is 23.7. The fourth-order valence-corrected chi connectivity index (χ4v) is 5.93. The van der Waals surface area contributed by atoms with Gasteiger partial charge in [0.2, 0.25) is 6.69 Å². The van der Waals surface area contributed by atoms with Crippen molar-refractivity contribution in [2.75, 3.05) is 5.88 Å². The van der Waals surface area contributed by atoms with Crippen LogP contribution in [0.5, 0.6) is 0 Å². The Balaban J connectivity index is 3.02. The van der Waals surface area contributed by atoms with E-state index in [9.17, 15) is 0 Å². The number of hydrogen-bond acceptors (Lipinski definition) is 0. The van der Waals surface area contributed by atoms with E-state index in [4.69, 9.17) is 33.8 Å². The third-order valence-corrected chi connectivity index (χ3v) is 8.63. The summed E-state index contributed by atoms with van der Waals surface area (Å²) in [4.78, 5) is 0. The third kappa shape index (κ3) is 29.1. The van der Waals surface area contributed by atoms with Crippen LogP contribution in [0.3, 0.4) is 0 Å². The lowest BCUT2D eigenvalue weighted by molar-refractivity contribution is 0.520. The molecule has 0 aliphatic rings. The van der Waals surface area contributed by atoms with Gasteiger partial charge in [0.05, 0.1) is 0 Å². The molecule has 0 N–H and O–H groups in total. The standard InChI is InChI=1S/C25H51Cl3Si/c1-29(27,28)25-23-21-19-17-15-13-11-9-7-5-3-2-4-6-8-10-12-14-16-18-20-22-24-26/h2-25H2,1H3. The average molecular weight is 486 g/mol. The molecule has 0 unspecified atom stereocenters. The second-order valence-electron chi connectivity index (χ2n) is 9.29. The summed E-state index contributed by atoms with van der Waals surface area (Å²) >= 11 is 18.0. The van der Waals surface area contributed by atoms with Crippen molar-refractivity contribution in [3.8, 4) is 0 Å². The molecule has 0 atom stereocenters. The van der Waals surface area contributed by atoms with E-state index in [1.165, 1.54) is 141 Å². The predicted octanol–water partition coefficient (Wildman–Crippen LogP) is 11.4. The molecule has 0 aromatic rings. The molecule has 176 valence electrons. The first-order chi connectivity index (χ1) is 14.1. The Morgan fingerprint density at radius 3 is 0.793 bits per heavy atom. The van der Waals surface area contributed by atoms with Gasteiger partial charge in [-0.1, -0.05) is 135 Å². The number of hydrogen-bond donors (Lipinski definition) is 0. The van der Waals surface area contributed by atoms with Crippen LogP contribution in [-0.4, -0.2) is 12.6 Å². The summed E-state index contributed by atoms with van der Waals surface area (Å²) < 4.78 is 0. The maximum atomic E-state index is 6.13. The summed E-state index contributed by atoms with van der Waals surface area (Å²) in [7, 11) is 0. The SMILES string of the molecule is C[Si](Cl)(Cl)CCCCCCCCCCCCCCCCCCCCCCCCCl. The summed E-state index contributed by atoms with van der Waals surface area (Å²) in [5.41, 5.74) is 0. The van der Waals surface area contributed by atoms with Crippen molar-refractivity contribution in [1.29, 1.82) is 0 Å². The molecule has 0 saturated heterocycles. The lowest BCUT2D eigenvalue weighted by Gasteiger charge is -2.09. The van der Waals surface area contributed by atoms with Gasteiger partial charge in [-0.05, 0) is 19.0 Å². The van der Waals surface area contributed by atoms with Crippen molar-refractivity contribution in [3.05, 3.63) is 0 Å². The van der Waals surface area contributed by atoms with Gasteiger partial charge in [0.1, 0.15) is 0 Å². The minimum atomic E-state index is -1.83. The van der Waals surface area contributed by atoms with Gasteiger partial charge in [0.15, 0.2) is 0 Å². The van der Waals surface area contributed by atoms with Gasteiger partial charge in [-0.3, -0.25) is 0 Å². The highest BCUT2D eigenvalue weighted by Crippen LogP contribution is 2.23. The van der Waals surface area contributed by atoms with Crippen molar-refractivity contribution in [1.82, 2.24) is 0 Å². The van der Waals surface area contributed by atoms with E-state index < -0.39 is 6.69 Å². The summed E-state index contributed by atoms with van der Waals surface area (Å²) in [5.74, 6) is 0.840. The maximum absolute atomic E-state index is 6.13. The molecule has 0 saturated carbocycles. The topological polar surface area (TPSA) is 0 Å². The molecular formula is C25H51Cl3Si. The van der Waals surface area contributed by atoms with E-state index in [1.54, 1.807) is 0 Å². The largest absolute Gasteiger partial charge is 0.248 e. The summed E-state index contributed by atoms with van der Waals surface area (Å²) in [5, 5.41) is 0. The minimum Gasteiger partial charge on any atom is -0.146 e.